The fourth-order valence-corrected chi connectivity index (χ4v) is 3.28. The van der Waals surface area contributed by atoms with Gasteiger partial charge < -0.3 is 5.32 Å². The van der Waals surface area contributed by atoms with Crippen LogP contribution in [0.3, 0.4) is 0 Å². The molecule has 1 fully saturated rings. The Kier molecular flexibility index (Phi) is 4.90. The summed E-state index contributed by atoms with van der Waals surface area (Å²) < 4.78 is 0. The second kappa shape index (κ2) is 6.44. The first-order valence-corrected chi connectivity index (χ1v) is 7.32. The number of rotatable bonds is 6. The van der Waals surface area contributed by atoms with E-state index in [4.69, 9.17) is 0 Å². The van der Waals surface area contributed by atoms with Crippen molar-refractivity contribution in [3.8, 4) is 0 Å². The highest BCUT2D eigenvalue weighted by Gasteiger charge is 2.23. The lowest BCUT2D eigenvalue weighted by atomic mass is 9.93. The molecule has 1 nitrogen and oxygen atoms in total. The third kappa shape index (κ3) is 3.35. The predicted octanol–water partition coefficient (Wildman–Crippen LogP) is 4.05. The first-order valence-electron chi connectivity index (χ1n) is 7.32. The number of nitrogens with one attached hydrogen (secondary N) is 1. The second-order valence-corrected chi connectivity index (χ2v) is 5.56. The molecule has 1 saturated carbocycles. The van der Waals surface area contributed by atoms with Gasteiger partial charge in [0.25, 0.3) is 0 Å². The van der Waals surface area contributed by atoms with Gasteiger partial charge in [0.2, 0.25) is 0 Å². The minimum absolute atomic E-state index is 0.713. The van der Waals surface area contributed by atoms with Crippen LogP contribution in [0.4, 0.5) is 0 Å². The average molecular weight is 221 g/mol. The Morgan fingerprint density at radius 2 is 2.12 bits per heavy atom. The van der Waals surface area contributed by atoms with Crippen molar-refractivity contribution in [2.24, 2.45) is 5.92 Å². The summed E-state index contributed by atoms with van der Waals surface area (Å²) in [4.78, 5) is 0. The maximum Gasteiger partial charge on any atom is 0.0282 e. The van der Waals surface area contributed by atoms with Crippen molar-refractivity contribution in [2.75, 3.05) is 6.54 Å². The molecule has 2 aliphatic rings. The maximum atomic E-state index is 3.77. The minimum Gasteiger partial charge on any atom is -0.310 e. The van der Waals surface area contributed by atoms with E-state index in [1.807, 2.05) is 0 Å². The first kappa shape index (κ1) is 12.2. The van der Waals surface area contributed by atoms with Crippen molar-refractivity contribution in [3.05, 3.63) is 11.6 Å². The van der Waals surface area contributed by atoms with E-state index in [1.54, 1.807) is 5.57 Å². The monoisotopic (exact) mass is 221 g/mol. The van der Waals surface area contributed by atoms with Gasteiger partial charge in [0.15, 0.2) is 0 Å². The summed E-state index contributed by atoms with van der Waals surface area (Å²) in [6.07, 6.45) is 15.2. The Hall–Kier alpha value is -0.300. The normalized spacial score (nSPS) is 23.7. The van der Waals surface area contributed by atoms with Crippen LogP contribution in [0.15, 0.2) is 11.6 Å². The molecule has 92 valence electrons. The topological polar surface area (TPSA) is 12.0 Å². The highest BCUT2D eigenvalue weighted by molar-refractivity contribution is 5.15. The van der Waals surface area contributed by atoms with Crippen molar-refractivity contribution >= 4 is 0 Å². The van der Waals surface area contributed by atoms with Gasteiger partial charge in [-0.15, -0.1) is 0 Å². The highest BCUT2D eigenvalue weighted by atomic mass is 14.9. The van der Waals surface area contributed by atoms with Crippen molar-refractivity contribution < 1.29 is 0 Å². The van der Waals surface area contributed by atoms with Gasteiger partial charge in [-0.25, -0.2) is 0 Å². The molecular formula is C15H27N. The SMILES string of the molecule is CCCNC(CC1CCCC1)C1=CCCC1. The lowest BCUT2D eigenvalue weighted by Gasteiger charge is -2.23. The molecule has 0 amide bonds. The van der Waals surface area contributed by atoms with E-state index in [2.05, 4.69) is 18.3 Å². The summed E-state index contributed by atoms with van der Waals surface area (Å²) in [5.41, 5.74) is 1.72. The van der Waals surface area contributed by atoms with Crippen molar-refractivity contribution in [2.45, 2.75) is 70.8 Å². The summed E-state index contributed by atoms with van der Waals surface area (Å²) in [5.74, 6) is 1.01. The number of hydrogen-bond donors (Lipinski definition) is 1. The van der Waals surface area contributed by atoms with Gasteiger partial charge in [0, 0.05) is 6.04 Å². The molecule has 1 atom stereocenters. The van der Waals surface area contributed by atoms with Crippen molar-refractivity contribution in [1.82, 2.24) is 5.32 Å². The Morgan fingerprint density at radius 3 is 2.75 bits per heavy atom. The fraction of sp³-hybridized carbons (Fsp3) is 0.867. The van der Waals surface area contributed by atoms with Crippen LogP contribution < -0.4 is 5.32 Å². The lowest BCUT2D eigenvalue weighted by molar-refractivity contribution is 0.414. The molecule has 0 aromatic carbocycles. The third-order valence-electron chi connectivity index (χ3n) is 4.21. The Labute approximate surface area is 101 Å². The van der Waals surface area contributed by atoms with E-state index in [-0.39, 0.29) is 0 Å². The zero-order valence-electron chi connectivity index (χ0n) is 10.8. The largest absolute Gasteiger partial charge is 0.310 e. The molecule has 0 heterocycles. The number of hydrogen-bond acceptors (Lipinski definition) is 1. The molecule has 0 aromatic heterocycles. The highest BCUT2D eigenvalue weighted by Crippen LogP contribution is 2.32. The van der Waals surface area contributed by atoms with Gasteiger partial charge in [-0.2, -0.15) is 0 Å². The van der Waals surface area contributed by atoms with E-state index >= 15 is 0 Å². The zero-order chi connectivity index (χ0) is 11.2. The van der Waals surface area contributed by atoms with Crippen molar-refractivity contribution in [1.29, 1.82) is 0 Å². The van der Waals surface area contributed by atoms with Gasteiger partial charge in [0.05, 0.1) is 0 Å². The number of allylic oxidation sites excluding steroid dienone is 1. The van der Waals surface area contributed by atoms with Crippen molar-refractivity contribution in [3.63, 3.8) is 0 Å². The second-order valence-electron chi connectivity index (χ2n) is 5.56. The summed E-state index contributed by atoms with van der Waals surface area (Å²) in [6, 6.07) is 0.713. The summed E-state index contributed by atoms with van der Waals surface area (Å²) >= 11 is 0. The molecule has 1 unspecified atom stereocenters. The Morgan fingerprint density at radius 1 is 1.31 bits per heavy atom. The molecule has 16 heavy (non-hydrogen) atoms. The van der Waals surface area contributed by atoms with Crippen LogP contribution in [0.25, 0.3) is 0 Å². The fourth-order valence-electron chi connectivity index (χ4n) is 3.28. The van der Waals surface area contributed by atoms with Crippen LogP contribution in [-0.2, 0) is 0 Å². The van der Waals surface area contributed by atoms with Gasteiger partial charge in [-0.05, 0) is 44.6 Å². The standard InChI is InChI=1S/C15H27N/c1-2-11-16-15(14-9-5-6-10-14)12-13-7-3-4-8-13/h9,13,15-16H,2-8,10-12H2,1H3. The molecule has 1 heteroatoms. The molecule has 0 radical (unpaired) electrons. The predicted molar refractivity (Wildman–Crippen MR) is 70.6 cm³/mol. The minimum atomic E-state index is 0.713. The van der Waals surface area contributed by atoms with Gasteiger partial charge in [-0.1, -0.05) is 44.3 Å². The van der Waals surface area contributed by atoms with E-state index in [1.165, 1.54) is 64.3 Å². The van der Waals surface area contributed by atoms with Crippen LogP contribution in [0, 0.1) is 5.92 Å². The Balaban J connectivity index is 1.85. The van der Waals surface area contributed by atoms with Crippen LogP contribution in [0.5, 0.6) is 0 Å². The molecule has 0 bridgehead atoms. The van der Waals surface area contributed by atoms with Crippen LogP contribution in [0.1, 0.15) is 64.7 Å². The molecule has 1 N–H and O–H groups in total. The smallest absolute Gasteiger partial charge is 0.0282 e. The molecule has 0 spiro atoms. The van der Waals surface area contributed by atoms with Crippen LogP contribution in [-0.4, -0.2) is 12.6 Å². The quantitative estimate of drug-likeness (QED) is 0.667. The zero-order valence-corrected chi connectivity index (χ0v) is 10.8. The molecule has 0 saturated heterocycles. The van der Waals surface area contributed by atoms with Crippen LogP contribution >= 0.6 is 0 Å². The molecular weight excluding hydrogens is 194 g/mol. The summed E-state index contributed by atoms with van der Waals surface area (Å²) in [7, 11) is 0. The first-order chi connectivity index (χ1) is 7.90. The lowest BCUT2D eigenvalue weighted by Crippen LogP contribution is -2.32. The molecule has 2 aliphatic carbocycles. The molecule has 0 aliphatic heterocycles. The molecule has 0 aromatic rings. The molecule has 2 rings (SSSR count). The van der Waals surface area contributed by atoms with Gasteiger partial charge in [-0.3, -0.25) is 0 Å². The van der Waals surface area contributed by atoms with E-state index in [9.17, 15) is 0 Å². The van der Waals surface area contributed by atoms with E-state index in [0.717, 1.165) is 5.92 Å². The summed E-state index contributed by atoms with van der Waals surface area (Å²) in [5, 5.41) is 3.77. The maximum absolute atomic E-state index is 3.77. The Bertz CT molecular complexity index is 226. The van der Waals surface area contributed by atoms with E-state index in [0.29, 0.717) is 6.04 Å². The summed E-state index contributed by atoms with van der Waals surface area (Å²) in [6.45, 7) is 3.46. The van der Waals surface area contributed by atoms with Gasteiger partial charge >= 0.3 is 0 Å². The van der Waals surface area contributed by atoms with Gasteiger partial charge in [0.1, 0.15) is 0 Å². The van der Waals surface area contributed by atoms with Crippen LogP contribution in [0.2, 0.25) is 0 Å². The third-order valence-corrected chi connectivity index (χ3v) is 4.21. The average Bonchev–Trinajstić information content (AvgIpc) is 2.96. The van der Waals surface area contributed by atoms with E-state index < -0.39 is 0 Å².